The third-order valence-corrected chi connectivity index (χ3v) is 3.28. The minimum Gasteiger partial charge on any atom is -0.396 e. The molecule has 0 bridgehead atoms. The maximum atomic E-state index is 12.5. The number of hydrogen-bond acceptors (Lipinski definition) is 3. The summed E-state index contributed by atoms with van der Waals surface area (Å²) in [5.41, 5.74) is -0.843. The number of aliphatic hydroxyl groups is 1. The third-order valence-electron chi connectivity index (χ3n) is 3.28. The first-order chi connectivity index (χ1) is 8.45. The fraction of sp³-hybridized carbons (Fsp3) is 0.583. The average Bonchev–Trinajstić information content (AvgIpc) is 3.07. The lowest BCUT2D eigenvalue weighted by Gasteiger charge is -2.15. The second-order valence-corrected chi connectivity index (χ2v) is 4.73. The molecule has 100 valence electrons. The van der Waals surface area contributed by atoms with Crippen molar-refractivity contribution in [3.63, 3.8) is 0 Å². The van der Waals surface area contributed by atoms with Crippen LogP contribution >= 0.6 is 0 Å². The van der Waals surface area contributed by atoms with Gasteiger partial charge in [-0.05, 0) is 36.8 Å². The van der Waals surface area contributed by atoms with Gasteiger partial charge in [0.25, 0.3) is 0 Å². The monoisotopic (exact) mass is 260 g/mol. The summed E-state index contributed by atoms with van der Waals surface area (Å²) in [7, 11) is 0. The Hall–Kier alpha value is -1.30. The van der Waals surface area contributed by atoms with Gasteiger partial charge < -0.3 is 10.4 Å². The van der Waals surface area contributed by atoms with Crippen molar-refractivity contribution in [2.75, 3.05) is 18.5 Å². The zero-order valence-electron chi connectivity index (χ0n) is 9.80. The van der Waals surface area contributed by atoms with E-state index in [0.29, 0.717) is 13.0 Å². The van der Waals surface area contributed by atoms with Gasteiger partial charge in [0.05, 0.1) is 0 Å². The Morgan fingerprint density at radius 3 is 2.61 bits per heavy atom. The molecular formula is C12H15F3N2O. The van der Waals surface area contributed by atoms with Gasteiger partial charge in [0, 0.05) is 13.2 Å². The van der Waals surface area contributed by atoms with Crippen LogP contribution in [0, 0.1) is 5.41 Å². The molecule has 1 aromatic rings. The number of aromatic nitrogens is 1. The Labute approximate surface area is 103 Å². The van der Waals surface area contributed by atoms with Gasteiger partial charge >= 0.3 is 6.18 Å². The van der Waals surface area contributed by atoms with Crippen LogP contribution in [0.3, 0.4) is 0 Å². The van der Waals surface area contributed by atoms with E-state index < -0.39 is 11.9 Å². The maximum absolute atomic E-state index is 12.5. The smallest absolute Gasteiger partial charge is 0.396 e. The second-order valence-electron chi connectivity index (χ2n) is 4.73. The first kappa shape index (κ1) is 13.1. The number of halogens is 3. The van der Waals surface area contributed by atoms with Crippen molar-refractivity contribution < 1.29 is 18.3 Å². The molecule has 0 aromatic carbocycles. The standard InChI is InChI=1S/C12H15F3N2O/c13-12(14,15)9-2-1-3-10(17-9)16-8-11(4-5-11)6-7-18/h1-3,18H,4-8H2,(H,16,17). The van der Waals surface area contributed by atoms with Gasteiger partial charge in [-0.3, -0.25) is 0 Å². The zero-order chi connectivity index (χ0) is 13.2. The molecule has 0 unspecified atom stereocenters. The Morgan fingerprint density at radius 2 is 2.06 bits per heavy atom. The summed E-state index contributed by atoms with van der Waals surface area (Å²) in [4.78, 5) is 3.54. The van der Waals surface area contributed by atoms with Crippen molar-refractivity contribution in [2.24, 2.45) is 5.41 Å². The minimum absolute atomic E-state index is 0.0463. The SMILES string of the molecule is OCCC1(CNc2cccc(C(F)(F)F)n2)CC1. The van der Waals surface area contributed by atoms with Gasteiger partial charge in [0.2, 0.25) is 0 Å². The van der Waals surface area contributed by atoms with Crippen molar-refractivity contribution in [2.45, 2.75) is 25.4 Å². The lowest BCUT2D eigenvalue weighted by atomic mass is 10.0. The molecule has 1 saturated carbocycles. The molecule has 2 N–H and O–H groups in total. The molecule has 2 rings (SSSR count). The summed E-state index contributed by atoms with van der Waals surface area (Å²) in [6.45, 7) is 0.666. The molecule has 0 amide bonds. The van der Waals surface area contributed by atoms with E-state index in [-0.39, 0.29) is 17.8 Å². The van der Waals surface area contributed by atoms with Crippen LogP contribution in [0.15, 0.2) is 18.2 Å². The predicted molar refractivity (Wildman–Crippen MR) is 61.1 cm³/mol. The van der Waals surface area contributed by atoms with Crippen molar-refractivity contribution in [1.82, 2.24) is 4.98 Å². The van der Waals surface area contributed by atoms with Gasteiger partial charge in [-0.1, -0.05) is 6.07 Å². The molecule has 6 heteroatoms. The first-order valence-electron chi connectivity index (χ1n) is 5.84. The second kappa shape index (κ2) is 4.76. The van der Waals surface area contributed by atoms with E-state index in [1.54, 1.807) is 0 Å². The number of aliphatic hydroxyl groups excluding tert-OH is 1. The number of nitrogens with zero attached hydrogens (tertiary/aromatic N) is 1. The lowest BCUT2D eigenvalue weighted by Crippen LogP contribution is -2.18. The van der Waals surface area contributed by atoms with E-state index in [1.165, 1.54) is 12.1 Å². The Balaban J connectivity index is 1.98. The van der Waals surface area contributed by atoms with E-state index in [4.69, 9.17) is 5.11 Å². The number of alkyl halides is 3. The van der Waals surface area contributed by atoms with Crippen molar-refractivity contribution in [3.8, 4) is 0 Å². The van der Waals surface area contributed by atoms with E-state index >= 15 is 0 Å². The van der Waals surface area contributed by atoms with Gasteiger partial charge in [-0.2, -0.15) is 13.2 Å². The number of rotatable bonds is 5. The van der Waals surface area contributed by atoms with Crippen LogP contribution in [-0.4, -0.2) is 23.2 Å². The highest BCUT2D eigenvalue weighted by Crippen LogP contribution is 2.48. The van der Waals surface area contributed by atoms with Crippen LogP contribution in [0.5, 0.6) is 0 Å². The molecular weight excluding hydrogens is 245 g/mol. The number of pyridine rings is 1. The molecule has 1 fully saturated rings. The minimum atomic E-state index is -4.42. The average molecular weight is 260 g/mol. The molecule has 1 aliphatic rings. The van der Waals surface area contributed by atoms with Crippen molar-refractivity contribution in [1.29, 1.82) is 0 Å². The molecule has 1 heterocycles. The van der Waals surface area contributed by atoms with Gasteiger partial charge in [-0.15, -0.1) is 0 Å². The molecule has 18 heavy (non-hydrogen) atoms. The highest BCUT2D eigenvalue weighted by Gasteiger charge is 2.41. The Kier molecular flexibility index (Phi) is 3.47. The number of hydrogen-bond donors (Lipinski definition) is 2. The van der Waals surface area contributed by atoms with Crippen molar-refractivity contribution >= 4 is 5.82 Å². The molecule has 0 radical (unpaired) electrons. The molecule has 3 nitrogen and oxygen atoms in total. The highest BCUT2D eigenvalue weighted by atomic mass is 19.4. The molecule has 1 aliphatic carbocycles. The fourth-order valence-corrected chi connectivity index (χ4v) is 1.90. The van der Waals surface area contributed by atoms with Crippen LogP contribution in [-0.2, 0) is 6.18 Å². The highest BCUT2D eigenvalue weighted by molar-refractivity contribution is 5.36. The topological polar surface area (TPSA) is 45.1 Å². The fourth-order valence-electron chi connectivity index (χ4n) is 1.90. The van der Waals surface area contributed by atoms with Crippen molar-refractivity contribution in [3.05, 3.63) is 23.9 Å². The van der Waals surface area contributed by atoms with Gasteiger partial charge in [0.1, 0.15) is 11.5 Å². The normalized spacial score (nSPS) is 17.6. The van der Waals surface area contributed by atoms with Crippen LogP contribution in [0.1, 0.15) is 25.0 Å². The van der Waals surface area contributed by atoms with Gasteiger partial charge in [-0.25, -0.2) is 4.98 Å². The van der Waals surface area contributed by atoms with E-state index in [9.17, 15) is 13.2 Å². The number of anilines is 1. The van der Waals surface area contributed by atoms with Crippen LogP contribution in [0.2, 0.25) is 0 Å². The summed E-state index contributed by atoms with van der Waals surface area (Å²) < 4.78 is 37.4. The van der Waals surface area contributed by atoms with Crippen LogP contribution in [0.4, 0.5) is 19.0 Å². The summed E-state index contributed by atoms with van der Waals surface area (Å²) in [5, 5.41) is 11.8. The van der Waals surface area contributed by atoms with E-state index in [2.05, 4.69) is 10.3 Å². The Bertz CT molecular complexity index is 416. The first-order valence-corrected chi connectivity index (χ1v) is 5.84. The van der Waals surface area contributed by atoms with Crippen LogP contribution in [0.25, 0.3) is 0 Å². The third kappa shape index (κ3) is 3.13. The largest absolute Gasteiger partial charge is 0.433 e. The molecule has 0 aliphatic heterocycles. The van der Waals surface area contributed by atoms with Gasteiger partial charge in [0.15, 0.2) is 0 Å². The van der Waals surface area contributed by atoms with E-state index in [1.807, 2.05) is 0 Å². The number of nitrogens with one attached hydrogen (secondary N) is 1. The summed E-state index contributed by atoms with van der Waals surface area (Å²) >= 11 is 0. The molecule has 0 saturated heterocycles. The summed E-state index contributed by atoms with van der Waals surface area (Å²) in [6.07, 6.45) is -1.74. The lowest BCUT2D eigenvalue weighted by molar-refractivity contribution is -0.141. The zero-order valence-corrected chi connectivity index (χ0v) is 9.80. The maximum Gasteiger partial charge on any atom is 0.433 e. The Morgan fingerprint density at radius 1 is 1.33 bits per heavy atom. The summed E-state index contributed by atoms with van der Waals surface area (Å²) in [6, 6.07) is 3.81. The van der Waals surface area contributed by atoms with E-state index in [0.717, 1.165) is 18.9 Å². The molecule has 0 spiro atoms. The predicted octanol–water partition coefficient (Wildman–Crippen LogP) is 2.67. The summed E-state index contributed by atoms with van der Waals surface area (Å²) in [5.74, 6) is 0.231. The quantitative estimate of drug-likeness (QED) is 0.855. The molecule has 0 atom stereocenters. The molecule has 1 aromatic heterocycles. The van der Waals surface area contributed by atoms with Crippen LogP contribution < -0.4 is 5.32 Å².